The number of nitrogen functional groups attached to an aromatic ring is 1. The summed E-state index contributed by atoms with van der Waals surface area (Å²) in [5.74, 6) is 3.32. The number of nitrogens with two attached hydrogens (primary N) is 1. The van der Waals surface area contributed by atoms with Crippen molar-refractivity contribution < 1.29 is 0 Å². The molecule has 0 atom stereocenters. The Morgan fingerprint density at radius 2 is 2.27 bits per heavy atom. The van der Waals surface area contributed by atoms with Crippen LogP contribution in [0.4, 0.5) is 5.82 Å². The second-order valence-corrected chi connectivity index (χ2v) is 2.59. The van der Waals surface area contributed by atoms with Crippen LogP contribution >= 0.6 is 34.2 Å². The summed E-state index contributed by atoms with van der Waals surface area (Å²) in [6, 6.07) is 1.47. The molecule has 1 rings (SSSR count). The zero-order valence-electron chi connectivity index (χ0n) is 5.31. The standard InChI is InChI=1S/C6H3ClIN3/c7-4-3-5(9)11-6(10-4)1-2-8/h3H,(H2,9,10,11). The molecule has 0 fully saturated rings. The summed E-state index contributed by atoms with van der Waals surface area (Å²) in [5.41, 5.74) is 5.38. The lowest BCUT2D eigenvalue weighted by Gasteiger charge is -1.93. The Balaban J connectivity index is 3.15. The van der Waals surface area contributed by atoms with Gasteiger partial charge in [0.05, 0.1) is 0 Å². The molecular formula is C6H3ClIN3. The summed E-state index contributed by atoms with van der Waals surface area (Å²) in [4.78, 5) is 7.65. The summed E-state index contributed by atoms with van der Waals surface area (Å²) < 4.78 is 2.62. The largest absolute Gasteiger partial charge is 0.384 e. The third kappa shape index (κ3) is 2.52. The number of aromatic nitrogens is 2. The molecule has 0 radical (unpaired) electrons. The molecule has 0 amide bonds. The molecule has 3 nitrogen and oxygen atoms in total. The van der Waals surface area contributed by atoms with Gasteiger partial charge in [0.25, 0.3) is 0 Å². The van der Waals surface area contributed by atoms with Crippen molar-refractivity contribution in [3.05, 3.63) is 17.0 Å². The first-order chi connectivity index (χ1) is 5.22. The van der Waals surface area contributed by atoms with Gasteiger partial charge in [0.1, 0.15) is 11.0 Å². The Bertz CT molecular complexity index is 308. The lowest BCUT2D eigenvalue weighted by atomic mass is 10.5. The van der Waals surface area contributed by atoms with Crippen LogP contribution in [0.3, 0.4) is 0 Å². The maximum atomic E-state index is 5.58. The van der Waals surface area contributed by atoms with Crippen molar-refractivity contribution in [1.82, 2.24) is 9.97 Å². The fraction of sp³-hybridized carbons (Fsp3) is 0. The number of hydrogen-bond acceptors (Lipinski definition) is 3. The number of nitrogens with zero attached hydrogens (tertiary/aromatic N) is 2. The minimum Gasteiger partial charge on any atom is -0.384 e. The third-order valence-electron chi connectivity index (χ3n) is 0.874. The summed E-state index contributed by atoms with van der Waals surface area (Å²) in [6.07, 6.45) is 0. The molecule has 1 aromatic heterocycles. The van der Waals surface area contributed by atoms with Gasteiger partial charge in [-0.2, -0.15) is 0 Å². The first kappa shape index (κ1) is 8.56. The number of anilines is 1. The highest BCUT2D eigenvalue weighted by atomic mass is 127. The van der Waals surface area contributed by atoms with Crippen LogP contribution in [0.1, 0.15) is 5.82 Å². The second-order valence-electron chi connectivity index (χ2n) is 1.66. The molecule has 2 N–H and O–H groups in total. The van der Waals surface area contributed by atoms with E-state index in [2.05, 4.69) is 19.8 Å². The zero-order chi connectivity index (χ0) is 8.27. The fourth-order valence-corrected chi connectivity index (χ4v) is 0.966. The number of rotatable bonds is 0. The molecule has 56 valence electrons. The molecule has 11 heavy (non-hydrogen) atoms. The quantitative estimate of drug-likeness (QED) is 0.444. The first-order valence-corrected chi connectivity index (χ1v) is 4.10. The minimum absolute atomic E-state index is 0.312. The summed E-state index contributed by atoms with van der Waals surface area (Å²) in [7, 11) is 0. The van der Waals surface area contributed by atoms with Crippen molar-refractivity contribution in [3.8, 4) is 9.85 Å². The van der Waals surface area contributed by atoms with Gasteiger partial charge in [0, 0.05) is 28.7 Å². The van der Waals surface area contributed by atoms with E-state index in [1.807, 2.05) is 22.6 Å². The van der Waals surface area contributed by atoms with E-state index < -0.39 is 0 Å². The molecule has 0 bridgehead atoms. The molecule has 0 aliphatic carbocycles. The predicted octanol–water partition coefficient (Wildman–Crippen LogP) is 1.46. The Morgan fingerprint density at radius 1 is 1.55 bits per heavy atom. The van der Waals surface area contributed by atoms with Crippen LogP contribution in [0.2, 0.25) is 5.15 Å². The van der Waals surface area contributed by atoms with Crippen LogP contribution in [0, 0.1) is 9.85 Å². The predicted molar refractivity (Wildman–Crippen MR) is 52.4 cm³/mol. The van der Waals surface area contributed by atoms with E-state index in [1.54, 1.807) is 0 Å². The van der Waals surface area contributed by atoms with E-state index in [4.69, 9.17) is 17.3 Å². The Hall–Kier alpha value is -0.540. The molecule has 0 unspecified atom stereocenters. The minimum atomic E-state index is 0.312. The maximum Gasteiger partial charge on any atom is 0.209 e. The van der Waals surface area contributed by atoms with Crippen LogP contribution in [0.15, 0.2) is 6.07 Å². The van der Waals surface area contributed by atoms with Crippen molar-refractivity contribution in [3.63, 3.8) is 0 Å². The van der Waals surface area contributed by atoms with Gasteiger partial charge in [-0.05, 0) is 9.85 Å². The highest BCUT2D eigenvalue weighted by molar-refractivity contribution is 14.1. The fourth-order valence-electron chi connectivity index (χ4n) is 0.533. The molecule has 0 saturated carbocycles. The van der Waals surface area contributed by atoms with E-state index in [-0.39, 0.29) is 0 Å². The zero-order valence-corrected chi connectivity index (χ0v) is 8.22. The van der Waals surface area contributed by atoms with E-state index in [9.17, 15) is 0 Å². The van der Waals surface area contributed by atoms with Gasteiger partial charge in [-0.3, -0.25) is 0 Å². The van der Waals surface area contributed by atoms with Gasteiger partial charge >= 0.3 is 0 Å². The van der Waals surface area contributed by atoms with Crippen molar-refractivity contribution in [1.29, 1.82) is 0 Å². The summed E-state index contributed by atoms with van der Waals surface area (Å²) in [5, 5.41) is 0.312. The van der Waals surface area contributed by atoms with Crippen molar-refractivity contribution in [2.24, 2.45) is 0 Å². The number of hydrogen-bond donors (Lipinski definition) is 1. The van der Waals surface area contributed by atoms with Crippen LogP contribution < -0.4 is 5.73 Å². The van der Waals surface area contributed by atoms with Gasteiger partial charge in [-0.1, -0.05) is 11.6 Å². The molecular weight excluding hydrogens is 276 g/mol. The monoisotopic (exact) mass is 279 g/mol. The Morgan fingerprint density at radius 3 is 2.82 bits per heavy atom. The summed E-state index contributed by atoms with van der Waals surface area (Å²) >= 11 is 7.47. The highest BCUT2D eigenvalue weighted by Gasteiger charge is 1.95. The van der Waals surface area contributed by atoms with Crippen molar-refractivity contribution in [2.75, 3.05) is 5.73 Å². The average Bonchev–Trinajstić information content (AvgIpc) is 1.85. The summed E-state index contributed by atoms with van der Waals surface area (Å²) in [6.45, 7) is 0. The van der Waals surface area contributed by atoms with Crippen LogP contribution in [0.25, 0.3) is 0 Å². The van der Waals surface area contributed by atoms with Crippen molar-refractivity contribution >= 4 is 40.0 Å². The molecule has 1 aromatic rings. The Labute approximate surface area is 82.5 Å². The van der Waals surface area contributed by atoms with Crippen molar-refractivity contribution in [2.45, 2.75) is 0 Å². The molecule has 0 aliphatic heterocycles. The topological polar surface area (TPSA) is 51.8 Å². The Kier molecular flexibility index (Phi) is 2.91. The number of halogens is 2. The van der Waals surface area contributed by atoms with Crippen LogP contribution in [-0.2, 0) is 0 Å². The molecule has 0 aromatic carbocycles. The SMILES string of the molecule is Nc1cc(Cl)nc(C#CI)n1. The highest BCUT2D eigenvalue weighted by Crippen LogP contribution is 2.07. The molecule has 5 heteroatoms. The van der Waals surface area contributed by atoms with Gasteiger partial charge in [-0.15, -0.1) is 0 Å². The van der Waals surface area contributed by atoms with E-state index in [1.165, 1.54) is 6.07 Å². The van der Waals surface area contributed by atoms with E-state index in [0.29, 0.717) is 16.8 Å². The smallest absolute Gasteiger partial charge is 0.209 e. The molecule has 0 spiro atoms. The van der Waals surface area contributed by atoms with Gasteiger partial charge in [0.2, 0.25) is 5.82 Å². The first-order valence-electron chi connectivity index (χ1n) is 2.64. The van der Waals surface area contributed by atoms with E-state index >= 15 is 0 Å². The second kappa shape index (κ2) is 3.74. The van der Waals surface area contributed by atoms with Gasteiger partial charge < -0.3 is 5.73 Å². The van der Waals surface area contributed by atoms with Gasteiger partial charge in [0.15, 0.2) is 0 Å². The van der Waals surface area contributed by atoms with Gasteiger partial charge in [-0.25, -0.2) is 9.97 Å². The van der Waals surface area contributed by atoms with Crippen LogP contribution in [0.5, 0.6) is 0 Å². The molecule has 0 saturated heterocycles. The average molecular weight is 279 g/mol. The maximum absolute atomic E-state index is 5.58. The van der Waals surface area contributed by atoms with Crippen LogP contribution in [-0.4, -0.2) is 9.97 Å². The molecule has 1 heterocycles. The van der Waals surface area contributed by atoms with E-state index in [0.717, 1.165) is 0 Å². The lowest BCUT2D eigenvalue weighted by molar-refractivity contribution is 1.14. The molecule has 0 aliphatic rings. The lowest BCUT2D eigenvalue weighted by Crippen LogP contribution is -1.95. The third-order valence-corrected chi connectivity index (χ3v) is 1.34. The normalized spacial score (nSPS) is 8.55.